The normalized spacial score (nSPS) is 10.3. The second-order valence-corrected chi connectivity index (χ2v) is 7.20. The van der Waals surface area contributed by atoms with Gasteiger partial charge in [0, 0.05) is 30.4 Å². The monoisotopic (exact) mass is 406 g/mol. The Bertz CT molecular complexity index is 943. The molecule has 3 aromatic carbocycles. The number of hydrogen-bond donors (Lipinski definition) is 1. The quantitative estimate of drug-likeness (QED) is 0.531. The molecule has 29 heavy (non-hydrogen) atoms. The van der Waals surface area contributed by atoms with Crippen LogP contribution in [-0.2, 0) is 13.1 Å². The summed E-state index contributed by atoms with van der Waals surface area (Å²) < 4.78 is 10.9. The van der Waals surface area contributed by atoms with Gasteiger partial charge in [-0.3, -0.25) is 0 Å². The summed E-state index contributed by atoms with van der Waals surface area (Å²) in [5.41, 5.74) is 4.41. The van der Waals surface area contributed by atoms with Crippen molar-refractivity contribution in [3.8, 4) is 11.5 Å². The second kappa shape index (κ2) is 9.94. The summed E-state index contributed by atoms with van der Waals surface area (Å²) in [6, 6.07) is 24.4. The van der Waals surface area contributed by atoms with E-state index in [9.17, 15) is 0 Å². The van der Waals surface area contributed by atoms with E-state index < -0.39 is 0 Å². The van der Waals surface area contributed by atoms with E-state index in [0.717, 1.165) is 22.7 Å². The van der Waals surface area contributed by atoms with Crippen LogP contribution in [0.3, 0.4) is 0 Å². The van der Waals surface area contributed by atoms with Gasteiger partial charge < -0.3 is 19.7 Å². The topological polar surface area (TPSA) is 33.7 Å². The Hall–Kier alpha value is -3.05. The minimum Gasteiger partial charge on any atom is -0.497 e. The van der Waals surface area contributed by atoms with Crippen LogP contribution in [0, 0.1) is 6.92 Å². The molecule has 1 N–H and O–H groups in total. The molecular weight excluding hydrogens is 380 g/mol. The number of nitrogens with zero attached hydrogens (tertiary/aromatic N) is 1. The van der Waals surface area contributed by atoms with Gasteiger partial charge in [-0.05, 0) is 49.0 Å². The van der Waals surface area contributed by atoms with Gasteiger partial charge in [0.25, 0.3) is 0 Å². The predicted octanol–water partition coefficient (Wildman–Crippen LogP) is 5.41. The highest BCUT2D eigenvalue weighted by molar-refractivity contribution is 7.80. The molecule has 0 amide bonds. The molecule has 0 radical (unpaired) electrons. The molecule has 0 saturated carbocycles. The molecule has 0 aliphatic rings. The van der Waals surface area contributed by atoms with Crippen molar-refractivity contribution in [1.29, 1.82) is 0 Å². The average molecular weight is 407 g/mol. The minimum atomic E-state index is 0.611. The highest BCUT2D eigenvalue weighted by Crippen LogP contribution is 2.26. The van der Waals surface area contributed by atoms with E-state index in [2.05, 4.69) is 41.4 Å². The van der Waals surface area contributed by atoms with Gasteiger partial charge in [-0.15, -0.1) is 0 Å². The van der Waals surface area contributed by atoms with E-state index in [1.165, 1.54) is 11.1 Å². The number of hydrogen-bond acceptors (Lipinski definition) is 3. The van der Waals surface area contributed by atoms with Gasteiger partial charge in [0.2, 0.25) is 0 Å². The third kappa shape index (κ3) is 5.72. The van der Waals surface area contributed by atoms with Crippen LogP contribution in [0.25, 0.3) is 0 Å². The van der Waals surface area contributed by atoms with Crippen LogP contribution in [0.15, 0.2) is 72.8 Å². The minimum absolute atomic E-state index is 0.611. The number of benzene rings is 3. The number of ether oxygens (including phenoxy) is 2. The molecular formula is C24H26N2O2S. The number of nitrogens with one attached hydrogen (secondary N) is 1. The van der Waals surface area contributed by atoms with Crippen molar-refractivity contribution in [2.45, 2.75) is 20.0 Å². The maximum Gasteiger partial charge on any atom is 0.174 e. The highest BCUT2D eigenvalue weighted by Gasteiger charge is 2.15. The molecule has 0 aromatic heterocycles. The molecule has 0 bridgehead atoms. The second-order valence-electron chi connectivity index (χ2n) is 6.82. The smallest absolute Gasteiger partial charge is 0.174 e. The van der Waals surface area contributed by atoms with Gasteiger partial charge >= 0.3 is 0 Å². The summed E-state index contributed by atoms with van der Waals surface area (Å²) in [5, 5.41) is 4.02. The molecule has 150 valence electrons. The van der Waals surface area contributed by atoms with Crippen molar-refractivity contribution in [2.75, 3.05) is 19.5 Å². The molecule has 0 unspecified atom stereocenters. The lowest BCUT2D eigenvalue weighted by molar-refractivity contribution is 0.370. The maximum absolute atomic E-state index is 5.77. The standard InChI is InChI=1S/C24H26N2O2S/c1-18-9-12-21(13-10-18)25-24(29)26(16-19-7-5-4-6-8-19)17-20-11-14-22(27-2)15-23(20)28-3/h4-15H,16-17H2,1-3H3,(H,25,29). The number of aryl methyl sites for hydroxylation is 1. The zero-order valence-corrected chi connectivity index (χ0v) is 17.8. The van der Waals surface area contributed by atoms with Crippen molar-refractivity contribution in [3.63, 3.8) is 0 Å². The Morgan fingerprint density at radius 2 is 1.62 bits per heavy atom. The van der Waals surface area contributed by atoms with Crippen LogP contribution in [-0.4, -0.2) is 24.2 Å². The Labute approximate surface area is 178 Å². The Morgan fingerprint density at radius 1 is 0.897 bits per heavy atom. The molecule has 0 atom stereocenters. The van der Waals surface area contributed by atoms with Gasteiger partial charge in [-0.25, -0.2) is 0 Å². The largest absolute Gasteiger partial charge is 0.497 e. The number of methoxy groups -OCH3 is 2. The average Bonchev–Trinajstić information content (AvgIpc) is 2.75. The van der Waals surface area contributed by atoms with Gasteiger partial charge in [0.1, 0.15) is 11.5 Å². The third-order valence-electron chi connectivity index (χ3n) is 4.66. The summed E-state index contributed by atoms with van der Waals surface area (Å²) in [4.78, 5) is 2.13. The lowest BCUT2D eigenvalue weighted by Crippen LogP contribution is -2.34. The summed E-state index contributed by atoms with van der Waals surface area (Å²) in [6.45, 7) is 3.37. The molecule has 4 nitrogen and oxygen atoms in total. The molecule has 0 heterocycles. The van der Waals surface area contributed by atoms with Gasteiger partial charge in [0.15, 0.2) is 5.11 Å². The fourth-order valence-corrected chi connectivity index (χ4v) is 3.28. The van der Waals surface area contributed by atoms with Crippen molar-refractivity contribution >= 4 is 23.0 Å². The number of thiocarbonyl (C=S) groups is 1. The van der Waals surface area contributed by atoms with Crippen LogP contribution in [0.4, 0.5) is 5.69 Å². The highest BCUT2D eigenvalue weighted by atomic mass is 32.1. The van der Waals surface area contributed by atoms with Crippen molar-refractivity contribution in [2.24, 2.45) is 0 Å². The predicted molar refractivity (Wildman–Crippen MR) is 123 cm³/mol. The SMILES string of the molecule is COc1ccc(CN(Cc2ccccc2)C(=S)Nc2ccc(C)cc2)c(OC)c1. The summed E-state index contributed by atoms with van der Waals surface area (Å²) in [5.74, 6) is 1.54. The van der Waals surface area contributed by atoms with E-state index in [-0.39, 0.29) is 0 Å². The molecule has 3 rings (SSSR count). The third-order valence-corrected chi connectivity index (χ3v) is 5.02. The first kappa shape index (κ1) is 20.7. The van der Waals surface area contributed by atoms with E-state index >= 15 is 0 Å². The maximum atomic E-state index is 5.77. The first-order valence-electron chi connectivity index (χ1n) is 9.46. The molecule has 0 saturated heterocycles. The molecule has 0 fully saturated rings. The molecule has 5 heteroatoms. The van der Waals surface area contributed by atoms with E-state index in [0.29, 0.717) is 18.2 Å². The van der Waals surface area contributed by atoms with Crippen LogP contribution >= 0.6 is 12.2 Å². The van der Waals surface area contributed by atoms with Crippen molar-refractivity contribution < 1.29 is 9.47 Å². The summed E-state index contributed by atoms with van der Waals surface area (Å²) in [6.07, 6.45) is 0. The van der Waals surface area contributed by atoms with Crippen LogP contribution < -0.4 is 14.8 Å². The molecule has 0 aliphatic carbocycles. The fraction of sp³-hybridized carbons (Fsp3) is 0.208. The van der Waals surface area contributed by atoms with Gasteiger partial charge in [-0.2, -0.15) is 0 Å². The van der Waals surface area contributed by atoms with Gasteiger partial charge in [-0.1, -0.05) is 48.0 Å². The fourth-order valence-electron chi connectivity index (χ4n) is 3.03. The number of rotatable bonds is 7. The Morgan fingerprint density at radius 3 is 2.28 bits per heavy atom. The zero-order chi connectivity index (χ0) is 20.6. The number of anilines is 1. The molecule has 3 aromatic rings. The Balaban J connectivity index is 1.84. The van der Waals surface area contributed by atoms with E-state index in [4.69, 9.17) is 21.7 Å². The Kier molecular flexibility index (Phi) is 7.09. The van der Waals surface area contributed by atoms with Crippen LogP contribution in [0.2, 0.25) is 0 Å². The summed E-state index contributed by atoms with van der Waals surface area (Å²) in [7, 11) is 3.32. The van der Waals surface area contributed by atoms with Crippen LogP contribution in [0.5, 0.6) is 11.5 Å². The first-order chi connectivity index (χ1) is 14.1. The lowest BCUT2D eigenvalue weighted by Gasteiger charge is -2.27. The van der Waals surface area contributed by atoms with Crippen molar-refractivity contribution in [1.82, 2.24) is 4.90 Å². The van der Waals surface area contributed by atoms with Gasteiger partial charge in [0.05, 0.1) is 14.2 Å². The molecule has 0 spiro atoms. The van der Waals surface area contributed by atoms with E-state index in [1.807, 2.05) is 48.5 Å². The van der Waals surface area contributed by atoms with E-state index in [1.54, 1.807) is 14.2 Å². The van der Waals surface area contributed by atoms with Crippen molar-refractivity contribution in [3.05, 3.63) is 89.5 Å². The molecule has 0 aliphatic heterocycles. The zero-order valence-electron chi connectivity index (χ0n) is 17.0. The summed E-state index contributed by atoms with van der Waals surface area (Å²) >= 11 is 5.77. The van der Waals surface area contributed by atoms with Crippen LogP contribution in [0.1, 0.15) is 16.7 Å². The lowest BCUT2D eigenvalue weighted by atomic mass is 10.1. The first-order valence-corrected chi connectivity index (χ1v) is 9.87.